The summed E-state index contributed by atoms with van der Waals surface area (Å²) in [6, 6.07) is 5.72. The topological polar surface area (TPSA) is 110 Å². The lowest BCUT2D eigenvalue weighted by Gasteiger charge is -2.23. The van der Waals surface area contributed by atoms with Gasteiger partial charge in [0, 0.05) is 26.3 Å². The molecule has 0 saturated carbocycles. The first-order chi connectivity index (χ1) is 13.7. The number of H-pyrrole nitrogens is 1. The van der Waals surface area contributed by atoms with E-state index in [1.165, 1.54) is 42.0 Å². The summed E-state index contributed by atoms with van der Waals surface area (Å²) >= 11 is 0. The maximum Gasteiger partial charge on any atom is 0.330 e. The van der Waals surface area contributed by atoms with E-state index < -0.39 is 23.0 Å². The summed E-state index contributed by atoms with van der Waals surface area (Å²) in [4.78, 5) is 40.8. The zero-order chi connectivity index (χ0) is 21.6. The molecule has 0 atom stereocenters. The number of hydrogen-bond acceptors (Lipinski definition) is 5. The van der Waals surface area contributed by atoms with E-state index in [1.807, 2.05) is 13.8 Å². The van der Waals surface area contributed by atoms with Crippen molar-refractivity contribution in [2.24, 2.45) is 5.92 Å². The molecule has 0 aliphatic carbocycles. The highest BCUT2D eigenvalue weighted by molar-refractivity contribution is 6.05. The summed E-state index contributed by atoms with van der Waals surface area (Å²) < 4.78 is 19.6. The van der Waals surface area contributed by atoms with Gasteiger partial charge >= 0.3 is 5.69 Å². The summed E-state index contributed by atoms with van der Waals surface area (Å²) in [5, 5.41) is 0. The van der Waals surface area contributed by atoms with Crippen LogP contribution in [0, 0.1) is 11.7 Å². The van der Waals surface area contributed by atoms with Crippen molar-refractivity contribution in [1.29, 1.82) is 0 Å². The van der Waals surface area contributed by atoms with E-state index in [0.29, 0.717) is 5.56 Å². The van der Waals surface area contributed by atoms with Crippen molar-refractivity contribution in [2.75, 3.05) is 30.9 Å². The number of rotatable bonds is 8. The van der Waals surface area contributed by atoms with Gasteiger partial charge in [0.2, 0.25) is 0 Å². The Hall–Kier alpha value is -3.20. The minimum absolute atomic E-state index is 0.0377. The Balaban J connectivity index is 2.47. The molecule has 0 radical (unpaired) electrons. The normalized spacial score (nSPS) is 11.3. The summed E-state index contributed by atoms with van der Waals surface area (Å²) in [6.45, 7) is 4.25. The molecule has 9 heteroatoms. The second-order valence-electron chi connectivity index (χ2n) is 6.87. The molecular weight excluding hydrogens is 379 g/mol. The fraction of sp³-hybridized carbons (Fsp3) is 0.350. The molecule has 0 saturated heterocycles. The number of benzene rings is 1. The number of anilines is 2. The van der Waals surface area contributed by atoms with Gasteiger partial charge in [-0.1, -0.05) is 26.0 Å². The predicted octanol–water partition coefficient (Wildman–Crippen LogP) is 1.61. The molecule has 8 nitrogen and oxygen atoms in total. The Morgan fingerprint density at radius 3 is 2.72 bits per heavy atom. The Morgan fingerprint density at radius 1 is 1.38 bits per heavy atom. The lowest BCUT2D eigenvalue weighted by molar-refractivity contribution is -0.114. The van der Waals surface area contributed by atoms with E-state index in [4.69, 9.17) is 10.5 Å². The van der Waals surface area contributed by atoms with Crippen molar-refractivity contribution < 1.29 is 13.9 Å². The maximum atomic E-state index is 13.3. The number of amides is 1. The van der Waals surface area contributed by atoms with Crippen molar-refractivity contribution >= 4 is 23.5 Å². The number of aromatic nitrogens is 2. The van der Waals surface area contributed by atoms with Crippen LogP contribution in [0.4, 0.5) is 15.9 Å². The van der Waals surface area contributed by atoms with Crippen LogP contribution in [0.3, 0.4) is 0 Å². The second-order valence-corrected chi connectivity index (χ2v) is 6.87. The van der Waals surface area contributed by atoms with Crippen molar-refractivity contribution in [3.05, 3.63) is 62.6 Å². The van der Waals surface area contributed by atoms with Gasteiger partial charge in [0.25, 0.3) is 11.5 Å². The molecule has 2 aromatic rings. The average Bonchev–Trinajstić information content (AvgIpc) is 2.65. The highest BCUT2D eigenvalue weighted by Crippen LogP contribution is 2.18. The average molecular weight is 404 g/mol. The molecule has 1 heterocycles. The summed E-state index contributed by atoms with van der Waals surface area (Å²) in [5.74, 6) is -1.00. The van der Waals surface area contributed by atoms with Crippen LogP contribution in [-0.4, -0.2) is 35.7 Å². The van der Waals surface area contributed by atoms with Crippen LogP contribution in [0.15, 0.2) is 39.9 Å². The van der Waals surface area contributed by atoms with Crippen molar-refractivity contribution in [1.82, 2.24) is 9.55 Å². The first kappa shape index (κ1) is 22.1. The van der Waals surface area contributed by atoms with Gasteiger partial charge in [-0.15, -0.1) is 0 Å². The zero-order valence-electron chi connectivity index (χ0n) is 16.6. The highest BCUT2D eigenvalue weighted by atomic mass is 19.1. The van der Waals surface area contributed by atoms with Crippen LogP contribution in [0.1, 0.15) is 19.4 Å². The third-order valence-electron chi connectivity index (χ3n) is 4.08. The molecule has 1 aromatic carbocycles. The van der Waals surface area contributed by atoms with Gasteiger partial charge in [0.05, 0.1) is 6.61 Å². The molecular formula is C20H25FN4O4. The van der Waals surface area contributed by atoms with Gasteiger partial charge in [-0.3, -0.25) is 24.0 Å². The number of methoxy groups -OCH3 is 1. The Morgan fingerprint density at radius 2 is 2.10 bits per heavy atom. The number of nitrogens with one attached hydrogen (secondary N) is 1. The molecule has 1 amide bonds. The SMILES string of the molecule is COCCN(C(=O)/C=C/c1cccc(F)c1)c1c(N)n(CC(C)C)c(=O)[nH]c1=O. The van der Waals surface area contributed by atoms with Gasteiger partial charge in [0.15, 0.2) is 5.69 Å². The Bertz CT molecular complexity index is 1010. The fourth-order valence-electron chi connectivity index (χ4n) is 2.77. The number of ether oxygens (including phenoxy) is 1. The van der Waals surface area contributed by atoms with E-state index >= 15 is 0 Å². The second kappa shape index (κ2) is 9.83. The lowest BCUT2D eigenvalue weighted by atomic mass is 10.2. The number of nitrogens with two attached hydrogens (primary N) is 1. The third kappa shape index (κ3) is 5.64. The summed E-state index contributed by atoms with van der Waals surface area (Å²) in [7, 11) is 1.46. The van der Waals surface area contributed by atoms with Crippen LogP contribution in [-0.2, 0) is 16.1 Å². The van der Waals surface area contributed by atoms with Gasteiger partial charge in [-0.2, -0.15) is 0 Å². The number of halogens is 1. The van der Waals surface area contributed by atoms with E-state index in [0.717, 1.165) is 4.90 Å². The Labute approximate surface area is 167 Å². The molecule has 3 N–H and O–H groups in total. The molecule has 0 aliphatic rings. The minimum atomic E-state index is -0.767. The molecule has 1 aromatic heterocycles. The first-order valence-electron chi connectivity index (χ1n) is 9.11. The summed E-state index contributed by atoms with van der Waals surface area (Å²) in [6.07, 6.45) is 2.64. The van der Waals surface area contributed by atoms with Gasteiger partial charge in [-0.05, 0) is 29.7 Å². The standard InChI is InChI=1S/C20H25FN4O4/c1-13(2)12-25-18(22)17(19(27)23-20(25)28)24(9-10-29-3)16(26)8-7-14-5-4-6-15(21)11-14/h4-8,11,13H,9-10,12,22H2,1-3H3,(H,23,27,28)/b8-7+. The van der Waals surface area contributed by atoms with Gasteiger partial charge in [-0.25, -0.2) is 9.18 Å². The molecule has 2 rings (SSSR count). The smallest absolute Gasteiger partial charge is 0.330 e. The Kier molecular flexibility index (Phi) is 7.49. The van der Waals surface area contributed by atoms with E-state index in [2.05, 4.69) is 4.98 Å². The molecule has 0 unspecified atom stereocenters. The van der Waals surface area contributed by atoms with Crippen LogP contribution >= 0.6 is 0 Å². The minimum Gasteiger partial charge on any atom is -0.383 e. The van der Waals surface area contributed by atoms with Crippen molar-refractivity contribution in [3.8, 4) is 0 Å². The van der Waals surface area contributed by atoms with Gasteiger partial charge in [0.1, 0.15) is 11.6 Å². The molecule has 156 valence electrons. The highest BCUT2D eigenvalue weighted by Gasteiger charge is 2.23. The third-order valence-corrected chi connectivity index (χ3v) is 4.08. The van der Waals surface area contributed by atoms with Crippen molar-refractivity contribution in [3.63, 3.8) is 0 Å². The number of nitrogens with zero attached hydrogens (tertiary/aromatic N) is 2. The van der Waals surface area contributed by atoms with E-state index in [-0.39, 0.29) is 37.1 Å². The van der Waals surface area contributed by atoms with Gasteiger partial charge < -0.3 is 10.5 Å². The number of carbonyl (C=O) groups is 1. The lowest BCUT2D eigenvalue weighted by Crippen LogP contribution is -2.42. The van der Waals surface area contributed by atoms with Crippen molar-refractivity contribution in [2.45, 2.75) is 20.4 Å². The largest absolute Gasteiger partial charge is 0.383 e. The number of nitrogen functional groups attached to an aromatic ring is 1. The van der Waals surface area contributed by atoms with E-state index in [9.17, 15) is 18.8 Å². The molecule has 0 bridgehead atoms. The van der Waals surface area contributed by atoms with Crippen LogP contribution in [0.25, 0.3) is 6.08 Å². The molecule has 0 aliphatic heterocycles. The molecule has 29 heavy (non-hydrogen) atoms. The molecule has 0 fully saturated rings. The predicted molar refractivity (Wildman–Crippen MR) is 110 cm³/mol. The van der Waals surface area contributed by atoms with Crippen LogP contribution in [0.5, 0.6) is 0 Å². The number of aromatic amines is 1. The fourth-order valence-corrected chi connectivity index (χ4v) is 2.77. The number of carbonyl (C=O) groups excluding carboxylic acids is 1. The maximum absolute atomic E-state index is 13.3. The van der Waals surface area contributed by atoms with Crippen LogP contribution < -0.4 is 21.9 Å². The van der Waals surface area contributed by atoms with Crippen LogP contribution in [0.2, 0.25) is 0 Å². The monoisotopic (exact) mass is 404 g/mol. The number of hydrogen-bond donors (Lipinski definition) is 2. The zero-order valence-corrected chi connectivity index (χ0v) is 16.6. The molecule has 0 spiro atoms. The quantitative estimate of drug-likeness (QED) is 0.650. The first-order valence-corrected chi connectivity index (χ1v) is 9.11. The summed E-state index contributed by atoms with van der Waals surface area (Å²) in [5.41, 5.74) is 5.05. The van der Waals surface area contributed by atoms with E-state index in [1.54, 1.807) is 6.07 Å².